The number of ketones is 1. The third kappa shape index (κ3) is 2.99. The minimum Gasteiger partial charge on any atom is -0.507 e. The van der Waals surface area contributed by atoms with Crippen molar-refractivity contribution in [3.63, 3.8) is 0 Å². The number of aromatic nitrogens is 2. The van der Waals surface area contributed by atoms with E-state index >= 15 is 0 Å². The first kappa shape index (κ1) is 16.7. The van der Waals surface area contributed by atoms with E-state index in [1.807, 2.05) is 0 Å². The third-order valence-electron chi connectivity index (χ3n) is 4.40. The van der Waals surface area contributed by atoms with Gasteiger partial charge in [-0.1, -0.05) is 6.07 Å². The van der Waals surface area contributed by atoms with E-state index in [0.29, 0.717) is 16.9 Å². The molecule has 7 heteroatoms. The lowest BCUT2D eigenvalue weighted by Gasteiger charge is -2.24. The topological polar surface area (TPSA) is 96.5 Å². The monoisotopic (exact) mass is 361 g/mol. The van der Waals surface area contributed by atoms with Crippen molar-refractivity contribution in [1.29, 1.82) is 0 Å². The van der Waals surface area contributed by atoms with Gasteiger partial charge < -0.3 is 14.4 Å². The van der Waals surface area contributed by atoms with Crippen molar-refractivity contribution in [2.75, 3.05) is 0 Å². The molecule has 0 bridgehead atoms. The maximum absolute atomic E-state index is 12.8. The number of aliphatic hydroxyl groups is 1. The highest BCUT2D eigenvalue weighted by atomic mass is 16.3. The van der Waals surface area contributed by atoms with Crippen molar-refractivity contribution in [2.45, 2.75) is 12.6 Å². The summed E-state index contributed by atoms with van der Waals surface area (Å²) in [5.41, 5.74) is 1.06. The normalized spacial score (nSPS) is 18.8. The maximum atomic E-state index is 12.8. The second-order valence-electron chi connectivity index (χ2n) is 6.03. The van der Waals surface area contributed by atoms with Gasteiger partial charge in [0.25, 0.3) is 11.7 Å². The van der Waals surface area contributed by atoms with Gasteiger partial charge in [-0.3, -0.25) is 19.6 Å². The third-order valence-corrected chi connectivity index (χ3v) is 4.40. The molecule has 3 aromatic rings. The molecule has 4 rings (SSSR count). The number of furan rings is 1. The molecule has 3 aromatic heterocycles. The fourth-order valence-electron chi connectivity index (χ4n) is 3.16. The zero-order valence-electron chi connectivity index (χ0n) is 14.1. The fraction of sp³-hybridized carbons (Fsp3) is 0.100. The Hall–Kier alpha value is -3.74. The number of amides is 1. The molecular weight excluding hydrogens is 346 g/mol. The Morgan fingerprint density at radius 2 is 1.89 bits per heavy atom. The summed E-state index contributed by atoms with van der Waals surface area (Å²) in [5, 5.41) is 10.8. The molecule has 0 aromatic carbocycles. The Kier molecular flexibility index (Phi) is 4.25. The molecule has 1 amide bonds. The molecule has 0 spiro atoms. The van der Waals surface area contributed by atoms with Crippen molar-refractivity contribution < 1.29 is 19.1 Å². The molecule has 134 valence electrons. The van der Waals surface area contributed by atoms with Crippen LogP contribution in [0.4, 0.5) is 0 Å². The molecule has 1 N–H and O–H groups in total. The number of nitrogens with zero attached hydrogens (tertiary/aromatic N) is 3. The average molecular weight is 361 g/mol. The second kappa shape index (κ2) is 6.87. The highest BCUT2D eigenvalue weighted by molar-refractivity contribution is 6.46. The average Bonchev–Trinajstić information content (AvgIpc) is 3.31. The van der Waals surface area contributed by atoms with Gasteiger partial charge in [-0.15, -0.1) is 0 Å². The van der Waals surface area contributed by atoms with Crippen LogP contribution >= 0.6 is 0 Å². The van der Waals surface area contributed by atoms with E-state index in [4.69, 9.17) is 4.42 Å². The Balaban J connectivity index is 1.86. The van der Waals surface area contributed by atoms with Crippen LogP contribution in [-0.2, 0) is 16.1 Å². The quantitative estimate of drug-likeness (QED) is 0.436. The van der Waals surface area contributed by atoms with Crippen molar-refractivity contribution in [2.24, 2.45) is 0 Å². The summed E-state index contributed by atoms with van der Waals surface area (Å²) in [6.07, 6.45) is 7.69. The lowest BCUT2D eigenvalue weighted by atomic mass is 9.96. The van der Waals surface area contributed by atoms with E-state index in [9.17, 15) is 14.7 Å². The predicted octanol–water partition coefficient (Wildman–Crippen LogP) is 2.69. The van der Waals surface area contributed by atoms with Crippen LogP contribution in [0.15, 0.2) is 77.4 Å². The van der Waals surface area contributed by atoms with Crippen LogP contribution in [0.3, 0.4) is 0 Å². The molecule has 0 aliphatic carbocycles. The Morgan fingerprint density at radius 1 is 1.07 bits per heavy atom. The first-order valence-electron chi connectivity index (χ1n) is 8.28. The number of pyridine rings is 2. The van der Waals surface area contributed by atoms with Gasteiger partial charge in [0.2, 0.25) is 0 Å². The molecule has 27 heavy (non-hydrogen) atoms. The largest absolute Gasteiger partial charge is 0.507 e. The highest BCUT2D eigenvalue weighted by Crippen LogP contribution is 2.39. The summed E-state index contributed by atoms with van der Waals surface area (Å²) in [5.74, 6) is -1.15. The maximum Gasteiger partial charge on any atom is 0.296 e. The molecule has 1 fully saturated rings. The zero-order valence-corrected chi connectivity index (χ0v) is 14.1. The number of carbonyl (C=O) groups excluding carboxylic acids is 2. The van der Waals surface area contributed by atoms with Gasteiger partial charge in [0.15, 0.2) is 0 Å². The van der Waals surface area contributed by atoms with Crippen LogP contribution < -0.4 is 0 Å². The Bertz CT molecular complexity index is 998. The smallest absolute Gasteiger partial charge is 0.296 e. The van der Waals surface area contributed by atoms with Crippen molar-refractivity contribution in [3.05, 3.63) is 89.9 Å². The summed E-state index contributed by atoms with van der Waals surface area (Å²) in [6, 6.07) is 9.31. The van der Waals surface area contributed by atoms with Crippen LogP contribution in [0.5, 0.6) is 0 Å². The fourth-order valence-corrected chi connectivity index (χ4v) is 3.16. The van der Waals surface area contributed by atoms with Gasteiger partial charge in [-0.2, -0.15) is 0 Å². The number of hydrogen-bond donors (Lipinski definition) is 1. The summed E-state index contributed by atoms with van der Waals surface area (Å²) < 4.78 is 5.34. The first-order chi connectivity index (χ1) is 13.2. The molecule has 4 heterocycles. The lowest BCUT2D eigenvalue weighted by Crippen LogP contribution is -2.29. The van der Waals surface area contributed by atoms with Crippen molar-refractivity contribution in [1.82, 2.24) is 14.9 Å². The Labute approximate surface area is 154 Å². The van der Waals surface area contributed by atoms with E-state index < -0.39 is 17.7 Å². The zero-order chi connectivity index (χ0) is 18.8. The summed E-state index contributed by atoms with van der Waals surface area (Å²) in [4.78, 5) is 34.9. The molecule has 1 aliphatic heterocycles. The molecule has 1 atom stereocenters. The molecule has 0 radical (unpaired) electrons. The van der Waals surface area contributed by atoms with Gasteiger partial charge >= 0.3 is 0 Å². The van der Waals surface area contributed by atoms with Gasteiger partial charge in [0, 0.05) is 30.4 Å². The number of Topliss-reactive ketones (excluding diaryl/α,β-unsaturated/α-hetero) is 1. The van der Waals surface area contributed by atoms with Gasteiger partial charge in [-0.25, -0.2) is 0 Å². The van der Waals surface area contributed by atoms with E-state index in [1.165, 1.54) is 23.6 Å². The highest BCUT2D eigenvalue weighted by Gasteiger charge is 2.46. The van der Waals surface area contributed by atoms with Crippen molar-refractivity contribution >= 4 is 17.4 Å². The van der Waals surface area contributed by atoms with Gasteiger partial charge in [-0.05, 0) is 35.9 Å². The number of hydrogen-bond acceptors (Lipinski definition) is 6. The molecule has 0 saturated carbocycles. The summed E-state index contributed by atoms with van der Waals surface area (Å²) in [7, 11) is 0. The number of carbonyl (C=O) groups is 2. The van der Waals surface area contributed by atoms with Crippen LogP contribution in [0, 0.1) is 0 Å². The van der Waals surface area contributed by atoms with Crippen LogP contribution in [0.2, 0.25) is 0 Å². The molecule has 1 unspecified atom stereocenters. The standard InChI is InChI=1S/C20H15N3O4/c24-18(13-5-8-21-9-6-13)16-17(14-3-1-7-22-11-14)23(20(26)19(16)25)12-15-4-2-10-27-15/h1-11,17,24H,12H2. The minimum atomic E-state index is -0.767. The lowest BCUT2D eigenvalue weighted by molar-refractivity contribution is -0.140. The number of likely N-dealkylation sites (tertiary alicyclic amines) is 1. The second-order valence-corrected chi connectivity index (χ2v) is 6.03. The predicted molar refractivity (Wildman–Crippen MR) is 95.0 cm³/mol. The first-order valence-corrected chi connectivity index (χ1v) is 8.28. The van der Waals surface area contributed by atoms with E-state index in [0.717, 1.165) is 0 Å². The van der Waals surface area contributed by atoms with Crippen LogP contribution in [0.25, 0.3) is 5.76 Å². The van der Waals surface area contributed by atoms with Gasteiger partial charge in [0.05, 0.1) is 24.4 Å². The van der Waals surface area contributed by atoms with Gasteiger partial charge in [0.1, 0.15) is 11.5 Å². The van der Waals surface area contributed by atoms with E-state index in [1.54, 1.807) is 48.8 Å². The number of aliphatic hydroxyl groups excluding tert-OH is 1. The van der Waals surface area contributed by atoms with Crippen molar-refractivity contribution in [3.8, 4) is 0 Å². The van der Waals surface area contributed by atoms with E-state index in [-0.39, 0.29) is 17.9 Å². The van der Waals surface area contributed by atoms with E-state index in [2.05, 4.69) is 9.97 Å². The number of rotatable bonds is 4. The minimum absolute atomic E-state index is 0.0192. The Morgan fingerprint density at radius 3 is 2.56 bits per heavy atom. The SMILES string of the molecule is O=C1C(=O)N(Cc2ccco2)C(c2cccnc2)C1=C(O)c1ccncc1. The van der Waals surface area contributed by atoms with Crippen LogP contribution in [-0.4, -0.2) is 31.7 Å². The molecule has 7 nitrogen and oxygen atoms in total. The summed E-state index contributed by atoms with van der Waals surface area (Å²) >= 11 is 0. The van der Waals surface area contributed by atoms with Crippen LogP contribution in [0.1, 0.15) is 22.9 Å². The molecule has 1 aliphatic rings. The summed E-state index contributed by atoms with van der Waals surface area (Å²) in [6.45, 7) is 0.101. The molecule has 1 saturated heterocycles. The molecular formula is C20H15N3O4.